The second-order valence-electron chi connectivity index (χ2n) is 4.47. The molecular weight excluding hydrogens is 292 g/mol. The third-order valence-corrected chi connectivity index (χ3v) is 4.01. The van der Waals surface area contributed by atoms with Gasteiger partial charge in [-0.3, -0.25) is 9.59 Å². The SMILES string of the molecule is COC(=O)CSC1=C(C#N)C(c2ccc(C)o2)CC(=O)N1. The monoisotopic (exact) mass is 306 g/mol. The summed E-state index contributed by atoms with van der Waals surface area (Å²) < 4.78 is 10.1. The predicted octanol–water partition coefficient (Wildman–Crippen LogP) is 1.83. The normalized spacial score (nSPS) is 18.1. The number of ether oxygens (including phenoxy) is 1. The van der Waals surface area contributed by atoms with Crippen molar-refractivity contribution in [2.75, 3.05) is 12.9 Å². The van der Waals surface area contributed by atoms with Crippen LogP contribution in [-0.4, -0.2) is 24.7 Å². The Morgan fingerprint density at radius 1 is 1.62 bits per heavy atom. The van der Waals surface area contributed by atoms with Crippen molar-refractivity contribution < 1.29 is 18.7 Å². The van der Waals surface area contributed by atoms with Crippen LogP contribution in [-0.2, 0) is 14.3 Å². The quantitative estimate of drug-likeness (QED) is 0.853. The first-order valence-corrected chi connectivity index (χ1v) is 7.23. The van der Waals surface area contributed by atoms with E-state index in [4.69, 9.17) is 4.42 Å². The van der Waals surface area contributed by atoms with E-state index >= 15 is 0 Å². The third kappa shape index (κ3) is 3.47. The number of hydrogen-bond donors (Lipinski definition) is 1. The molecule has 1 N–H and O–H groups in total. The van der Waals surface area contributed by atoms with Gasteiger partial charge in [0.1, 0.15) is 11.5 Å². The summed E-state index contributed by atoms with van der Waals surface area (Å²) in [6, 6.07) is 5.66. The minimum Gasteiger partial charge on any atom is -0.468 e. The Balaban J connectivity index is 2.30. The zero-order valence-electron chi connectivity index (χ0n) is 11.6. The van der Waals surface area contributed by atoms with Gasteiger partial charge in [0.25, 0.3) is 0 Å². The number of rotatable bonds is 4. The summed E-state index contributed by atoms with van der Waals surface area (Å²) in [6.07, 6.45) is 0.151. The van der Waals surface area contributed by atoms with Gasteiger partial charge in [-0.2, -0.15) is 5.26 Å². The highest BCUT2D eigenvalue weighted by Gasteiger charge is 2.31. The molecule has 1 aromatic heterocycles. The number of hydrogen-bond acceptors (Lipinski definition) is 6. The number of nitriles is 1. The van der Waals surface area contributed by atoms with Crippen molar-refractivity contribution in [2.24, 2.45) is 0 Å². The van der Waals surface area contributed by atoms with E-state index in [9.17, 15) is 14.9 Å². The number of carbonyl (C=O) groups is 2. The molecule has 0 bridgehead atoms. The zero-order valence-corrected chi connectivity index (χ0v) is 12.5. The summed E-state index contributed by atoms with van der Waals surface area (Å²) >= 11 is 1.08. The van der Waals surface area contributed by atoms with Gasteiger partial charge in [0.05, 0.1) is 35.5 Å². The first-order valence-electron chi connectivity index (χ1n) is 6.25. The smallest absolute Gasteiger partial charge is 0.316 e. The molecule has 0 spiro atoms. The van der Waals surface area contributed by atoms with Crippen LogP contribution in [0.2, 0.25) is 0 Å². The number of nitrogens with one attached hydrogen (secondary N) is 1. The third-order valence-electron chi connectivity index (χ3n) is 3.02. The van der Waals surface area contributed by atoms with E-state index in [0.29, 0.717) is 16.4 Å². The molecule has 21 heavy (non-hydrogen) atoms. The van der Waals surface area contributed by atoms with Crippen LogP contribution in [0.25, 0.3) is 0 Å². The lowest BCUT2D eigenvalue weighted by atomic mass is 9.92. The molecule has 110 valence electrons. The lowest BCUT2D eigenvalue weighted by Gasteiger charge is -2.23. The Morgan fingerprint density at radius 3 is 2.95 bits per heavy atom. The van der Waals surface area contributed by atoms with Gasteiger partial charge >= 0.3 is 5.97 Å². The molecule has 0 fully saturated rings. The van der Waals surface area contributed by atoms with Gasteiger partial charge in [0.2, 0.25) is 5.91 Å². The van der Waals surface area contributed by atoms with Gasteiger partial charge in [-0.05, 0) is 19.1 Å². The predicted molar refractivity (Wildman–Crippen MR) is 76.1 cm³/mol. The number of aryl methyl sites for hydroxylation is 1. The summed E-state index contributed by atoms with van der Waals surface area (Å²) in [5.41, 5.74) is 0.401. The summed E-state index contributed by atoms with van der Waals surface area (Å²) in [6.45, 7) is 1.80. The molecule has 1 unspecified atom stereocenters. The highest BCUT2D eigenvalue weighted by Crippen LogP contribution is 2.36. The molecular formula is C14H14N2O4S. The Kier molecular flexibility index (Phi) is 4.70. The Morgan fingerprint density at radius 2 is 2.38 bits per heavy atom. The average Bonchev–Trinajstić information content (AvgIpc) is 2.90. The molecule has 0 aromatic carbocycles. The van der Waals surface area contributed by atoms with Crippen LogP contribution >= 0.6 is 11.8 Å². The molecule has 2 heterocycles. The van der Waals surface area contributed by atoms with Crippen molar-refractivity contribution in [3.63, 3.8) is 0 Å². The summed E-state index contributed by atoms with van der Waals surface area (Å²) in [5.74, 6) is 0.279. The molecule has 6 nitrogen and oxygen atoms in total. The van der Waals surface area contributed by atoms with Gasteiger partial charge in [-0.25, -0.2) is 0 Å². The lowest BCUT2D eigenvalue weighted by molar-refractivity contribution is -0.137. The maximum atomic E-state index is 11.8. The molecule has 1 aliphatic heterocycles. The number of nitrogens with zero attached hydrogens (tertiary/aromatic N) is 1. The highest BCUT2D eigenvalue weighted by molar-refractivity contribution is 8.03. The standard InChI is InChI=1S/C14H14N2O4S/c1-8-3-4-11(20-8)9-5-12(17)16-14(10(9)6-15)21-7-13(18)19-2/h3-4,9H,5,7H2,1-2H3,(H,16,17). The molecule has 7 heteroatoms. The van der Waals surface area contributed by atoms with Crippen LogP contribution in [0.4, 0.5) is 0 Å². The Labute approximate surface area is 126 Å². The van der Waals surface area contributed by atoms with Crippen molar-refractivity contribution in [2.45, 2.75) is 19.3 Å². The zero-order chi connectivity index (χ0) is 15.4. The van der Waals surface area contributed by atoms with Crippen LogP contribution in [0, 0.1) is 18.3 Å². The molecule has 0 saturated carbocycles. The fourth-order valence-corrected chi connectivity index (χ4v) is 2.92. The average molecular weight is 306 g/mol. The van der Waals surface area contributed by atoms with Crippen molar-refractivity contribution >= 4 is 23.6 Å². The van der Waals surface area contributed by atoms with E-state index < -0.39 is 11.9 Å². The molecule has 1 atom stereocenters. The van der Waals surface area contributed by atoms with E-state index in [1.165, 1.54) is 7.11 Å². The minimum atomic E-state index is -0.421. The molecule has 2 rings (SSSR count). The highest BCUT2D eigenvalue weighted by atomic mass is 32.2. The molecule has 1 amide bonds. The maximum Gasteiger partial charge on any atom is 0.316 e. The molecule has 1 aliphatic rings. The Bertz CT molecular complexity index is 642. The summed E-state index contributed by atoms with van der Waals surface area (Å²) in [7, 11) is 1.29. The number of allylic oxidation sites excluding steroid dienone is 1. The van der Waals surface area contributed by atoms with Crippen molar-refractivity contribution in [1.29, 1.82) is 5.26 Å². The first-order chi connectivity index (χ1) is 10.0. The van der Waals surface area contributed by atoms with Gasteiger partial charge < -0.3 is 14.5 Å². The summed E-state index contributed by atoms with van der Waals surface area (Å²) in [4.78, 5) is 23.0. The van der Waals surface area contributed by atoms with Crippen LogP contribution in [0.5, 0.6) is 0 Å². The van der Waals surface area contributed by atoms with E-state index in [1.807, 2.05) is 0 Å². The number of esters is 1. The van der Waals surface area contributed by atoms with Crippen molar-refractivity contribution in [3.8, 4) is 6.07 Å². The van der Waals surface area contributed by atoms with Gasteiger partial charge in [0.15, 0.2) is 0 Å². The van der Waals surface area contributed by atoms with Crippen molar-refractivity contribution in [1.82, 2.24) is 5.32 Å². The van der Waals surface area contributed by atoms with Crippen LogP contribution < -0.4 is 5.32 Å². The number of amides is 1. The second kappa shape index (κ2) is 6.50. The fraction of sp³-hybridized carbons (Fsp3) is 0.357. The largest absolute Gasteiger partial charge is 0.468 e. The van der Waals surface area contributed by atoms with Gasteiger partial charge in [-0.15, -0.1) is 0 Å². The minimum absolute atomic E-state index is 0.0290. The molecule has 0 aliphatic carbocycles. The van der Waals surface area contributed by atoms with E-state index in [0.717, 1.165) is 17.5 Å². The van der Waals surface area contributed by atoms with E-state index in [-0.39, 0.29) is 18.1 Å². The number of methoxy groups -OCH3 is 1. The number of furan rings is 1. The summed E-state index contributed by atoms with van der Waals surface area (Å²) in [5, 5.41) is 12.4. The second-order valence-corrected chi connectivity index (χ2v) is 5.46. The van der Waals surface area contributed by atoms with Crippen LogP contribution in [0.1, 0.15) is 23.9 Å². The maximum absolute atomic E-state index is 11.8. The number of carbonyl (C=O) groups excluding carboxylic acids is 2. The first kappa shape index (κ1) is 15.2. The lowest BCUT2D eigenvalue weighted by Crippen LogP contribution is -2.31. The van der Waals surface area contributed by atoms with Crippen LogP contribution in [0.3, 0.4) is 0 Å². The van der Waals surface area contributed by atoms with Crippen LogP contribution in [0.15, 0.2) is 27.2 Å². The topological polar surface area (TPSA) is 92.3 Å². The van der Waals surface area contributed by atoms with E-state index in [1.54, 1.807) is 19.1 Å². The Hall–Kier alpha value is -2.20. The fourth-order valence-electron chi connectivity index (χ4n) is 2.01. The van der Waals surface area contributed by atoms with Gasteiger partial charge in [0, 0.05) is 6.42 Å². The van der Waals surface area contributed by atoms with Crippen molar-refractivity contribution in [3.05, 3.63) is 34.3 Å². The van der Waals surface area contributed by atoms with Gasteiger partial charge in [-0.1, -0.05) is 11.8 Å². The van der Waals surface area contributed by atoms with E-state index in [2.05, 4.69) is 16.1 Å². The molecule has 0 radical (unpaired) electrons. The molecule has 1 aromatic rings. The molecule has 0 saturated heterocycles. The number of thioether (sulfide) groups is 1.